The van der Waals surface area contributed by atoms with Crippen molar-refractivity contribution >= 4 is 57.5 Å². The molecule has 8 nitrogen and oxygen atoms in total. The monoisotopic (exact) mass is 566 g/mol. The zero-order valence-electron chi connectivity index (χ0n) is 21.5. The summed E-state index contributed by atoms with van der Waals surface area (Å²) in [5.74, 6) is -1.62. The number of ether oxygens (including phenoxy) is 1. The minimum atomic E-state index is -1.03. The number of thiophene rings is 1. The Morgan fingerprint density at radius 2 is 1.82 bits per heavy atom. The number of thioether (sulfide) groups is 1. The minimum absolute atomic E-state index is 0.105. The third kappa shape index (κ3) is 7.70. The van der Waals surface area contributed by atoms with E-state index in [-0.39, 0.29) is 37.0 Å². The summed E-state index contributed by atoms with van der Waals surface area (Å²) in [5.41, 5.74) is 3.24. The van der Waals surface area contributed by atoms with E-state index in [9.17, 15) is 19.2 Å². The maximum absolute atomic E-state index is 12.9. The van der Waals surface area contributed by atoms with Crippen LogP contribution in [0.4, 0.5) is 10.7 Å². The highest BCUT2D eigenvalue weighted by molar-refractivity contribution is 8.00. The van der Waals surface area contributed by atoms with Crippen molar-refractivity contribution in [1.29, 1.82) is 0 Å². The Kier molecular flexibility index (Phi) is 9.78. The molecule has 10 heteroatoms. The van der Waals surface area contributed by atoms with Crippen LogP contribution in [0, 0.1) is 0 Å². The lowest BCUT2D eigenvalue weighted by molar-refractivity contribution is -0.138. The molecule has 0 saturated carbocycles. The van der Waals surface area contributed by atoms with E-state index in [1.165, 1.54) is 28.7 Å². The fourth-order valence-electron chi connectivity index (χ4n) is 4.52. The molecule has 0 aliphatic heterocycles. The Bertz CT molecular complexity index is 1360. The van der Waals surface area contributed by atoms with Gasteiger partial charge in [0.25, 0.3) is 0 Å². The van der Waals surface area contributed by atoms with Gasteiger partial charge in [0.05, 0.1) is 24.3 Å². The Morgan fingerprint density at radius 1 is 1.03 bits per heavy atom. The molecule has 3 N–H and O–H groups in total. The van der Waals surface area contributed by atoms with Gasteiger partial charge in [-0.05, 0) is 61.4 Å². The molecule has 1 heterocycles. The SMILES string of the molecule is CCOC(=O)c1c(NC(=O)CSc2cccc(NC(=O)CCC(=O)O)c2)sc2c1CCC(c1ccccc1)C2. The van der Waals surface area contributed by atoms with Crippen LogP contribution < -0.4 is 10.6 Å². The first-order valence-electron chi connectivity index (χ1n) is 12.7. The van der Waals surface area contributed by atoms with Gasteiger partial charge in [0, 0.05) is 21.9 Å². The lowest BCUT2D eigenvalue weighted by Gasteiger charge is -2.23. The van der Waals surface area contributed by atoms with Crippen molar-refractivity contribution in [3.8, 4) is 0 Å². The fraction of sp³-hybridized carbons (Fsp3) is 0.310. The van der Waals surface area contributed by atoms with Gasteiger partial charge in [-0.25, -0.2) is 4.79 Å². The van der Waals surface area contributed by atoms with E-state index < -0.39 is 11.9 Å². The molecular weight excluding hydrogens is 536 g/mol. The van der Waals surface area contributed by atoms with Gasteiger partial charge in [0.1, 0.15) is 5.00 Å². The topological polar surface area (TPSA) is 122 Å². The van der Waals surface area contributed by atoms with Gasteiger partial charge in [-0.1, -0.05) is 36.4 Å². The fourth-order valence-corrected chi connectivity index (χ4v) is 6.61. The average molecular weight is 567 g/mol. The zero-order chi connectivity index (χ0) is 27.8. The summed E-state index contributed by atoms with van der Waals surface area (Å²) >= 11 is 2.74. The molecule has 1 atom stereocenters. The summed E-state index contributed by atoms with van der Waals surface area (Å²) in [6.07, 6.45) is 2.12. The average Bonchev–Trinajstić information content (AvgIpc) is 3.28. The van der Waals surface area contributed by atoms with E-state index in [0.29, 0.717) is 22.2 Å². The molecule has 1 unspecified atom stereocenters. The maximum Gasteiger partial charge on any atom is 0.341 e. The lowest BCUT2D eigenvalue weighted by atomic mass is 9.83. The molecule has 0 bridgehead atoms. The van der Waals surface area contributed by atoms with Crippen LogP contribution in [0.3, 0.4) is 0 Å². The number of benzene rings is 2. The van der Waals surface area contributed by atoms with Crippen LogP contribution in [-0.2, 0) is 32.0 Å². The molecule has 2 amide bonds. The smallest absolute Gasteiger partial charge is 0.341 e. The summed E-state index contributed by atoms with van der Waals surface area (Å²) in [4.78, 5) is 50.3. The highest BCUT2D eigenvalue weighted by Crippen LogP contribution is 2.43. The molecule has 204 valence electrons. The van der Waals surface area contributed by atoms with Crippen LogP contribution in [0.1, 0.15) is 58.5 Å². The molecule has 4 rings (SSSR count). The normalized spacial score (nSPS) is 14.2. The maximum atomic E-state index is 12.9. The van der Waals surface area contributed by atoms with Crippen LogP contribution in [0.15, 0.2) is 59.5 Å². The number of carbonyl (C=O) groups is 4. The second-order valence-electron chi connectivity index (χ2n) is 9.09. The van der Waals surface area contributed by atoms with E-state index >= 15 is 0 Å². The van der Waals surface area contributed by atoms with Crippen molar-refractivity contribution in [2.75, 3.05) is 23.0 Å². The number of rotatable bonds is 11. The summed E-state index contributed by atoms with van der Waals surface area (Å²) in [5, 5.41) is 14.9. The van der Waals surface area contributed by atoms with Crippen molar-refractivity contribution in [3.63, 3.8) is 0 Å². The molecule has 0 fully saturated rings. The first kappa shape index (κ1) is 28.4. The molecular formula is C29H30N2O6S2. The van der Waals surface area contributed by atoms with Crippen molar-refractivity contribution < 1.29 is 29.0 Å². The molecule has 3 aromatic rings. The van der Waals surface area contributed by atoms with Crippen molar-refractivity contribution in [3.05, 3.63) is 76.2 Å². The van der Waals surface area contributed by atoms with E-state index in [1.54, 1.807) is 25.1 Å². The van der Waals surface area contributed by atoms with Gasteiger partial charge in [-0.15, -0.1) is 23.1 Å². The number of esters is 1. The van der Waals surface area contributed by atoms with Crippen LogP contribution in [0.25, 0.3) is 0 Å². The zero-order valence-corrected chi connectivity index (χ0v) is 23.2. The van der Waals surface area contributed by atoms with Gasteiger partial charge in [0.15, 0.2) is 0 Å². The van der Waals surface area contributed by atoms with E-state index in [1.807, 2.05) is 24.3 Å². The molecule has 2 aromatic carbocycles. The van der Waals surface area contributed by atoms with Crippen LogP contribution >= 0.6 is 23.1 Å². The van der Waals surface area contributed by atoms with Crippen molar-refractivity contribution in [2.45, 2.75) is 49.8 Å². The van der Waals surface area contributed by atoms with Crippen LogP contribution in [-0.4, -0.2) is 41.2 Å². The standard InChI is InChI=1S/C29H30N2O6S2/c1-2-37-29(36)27-22-12-11-19(18-7-4-3-5-8-18)15-23(22)39-28(27)31-25(33)17-38-21-10-6-9-20(16-21)30-24(32)13-14-26(34)35/h3-10,16,19H,2,11-15,17H2,1H3,(H,30,32)(H,31,33)(H,34,35). The predicted molar refractivity (Wildman–Crippen MR) is 153 cm³/mol. The quantitative estimate of drug-likeness (QED) is 0.200. The molecule has 0 saturated heterocycles. The number of hydrogen-bond donors (Lipinski definition) is 3. The molecule has 1 aliphatic rings. The highest BCUT2D eigenvalue weighted by atomic mass is 32.2. The van der Waals surface area contributed by atoms with Crippen molar-refractivity contribution in [1.82, 2.24) is 0 Å². The highest BCUT2D eigenvalue weighted by Gasteiger charge is 2.30. The van der Waals surface area contributed by atoms with Crippen molar-refractivity contribution in [2.24, 2.45) is 0 Å². The number of hydrogen-bond acceptors (Lipinski definition) is 7. The number of nitrogens with one attached hydrogen (secondary N) is 2. The number of fused-ring (bicyclic) bond motifs is 1. The van der Waals surface area contributed by atoms with Gasteiger partial charge in [0.2, 0.25) is 11.8 Å². The summed E-state index contributed by atoms with van der Waals surface area (Å²) < 4.78 is 5.33. The van der Waals surface area contributed by atoms with Gasteiger partial charge < -0.3 is 20.5 Å². The Morgan fingerprint density at radius 3 is 2.56 bits per heavy atom. The van der Waals surface area contributed by atoms with Crippen LogP contribution in [0.2, 0.25) is 0 Å². The third-order valence-corrected chi connectivity index (χ3v) is 8.49. The van der Waals surface area contributed by atoms with Gasteiger partial charge in [-0.3, -0.25) is 14.4 Å². The van der Waals surface area contributed by atoms with E-state index in [0.717, 1.165) is 34.6 Å². The first-order valence-corrected chi connectivity index (χ1v) is 14.5. The van der Waals surface area contributed by atoms with Crippen LogP contribution in [0.5, 0.6) is 0 Å². The number of amides is 2. The molecule has 0 radical (unpaired) electrons. The number of carboxylic acid groups (broad SMARTS) is 1. The Labute approximate surface area is 235 Å². The second-order valence-corrected chi connectivity index (χ2v) is 11.2. The van der Waals surface area contributed by atoms with E-state index in [2.05, 4.69) is 22.8 Å². The van der Waals surface area contributed by atoms with E-state index in [4.69, 9.17) is 9.84 Å². The third-order valence-electron chi connectivity index (χ3n) is 6.32. The molecule has 1 aliphatic carbocycles. The molecule has 0 spiro atoms. The van der Waals surface area contributed by atoms with Gasteiger partial charge >= 0.3 is 11.9 Å². The molecule has 1 aromatic heterocycles. The number of anilines is 2. The summed E-state index contributed by atoms with van der Waals surface area (Å²) in [6.45, 7) is 2.02. The predicted octanol–water partition coefficient (Wildman–Crippen LogP) is 5.73. The first-order chi connectivity index (χ1) is 18.8. The molecule has 39 heavy (non-hydrogen) atoms. The largest absolute Gasteiger partial charge is 0.481 e. The van der Waals surface area contributed by atoms with Gasteiger partial charge in [-0.2, -0.15) is 0 Å². The Balaban J connectivity index is 1.42. The second kappa shape index (κ2) is 13.4. The number of carboxylic acids is 1. The Hall–Kier alpha value is -3.63. The summed E-state index contributed by atoms with van der Waals surface area (Å²) in [6, 6.07) is 17.3. The minimum Gasteiger partial charge on any atom is -0.481 e. The number of aliphatic carboxylic acids is 1. The number of carbonyl (C=O) groups excluding carboxylic acids is 3. The summed E-state index contributed by atoms with van der Waals surface area (Å²) in [7, 11) is 0. The lowest BCUT2D eigenvalue weighted by Crippen LogP contribution is -2.18.